The normalized spacial score (nSPS) is 9.70. The van der Waals surface area contributed by atoms with Crippen molar-refractivity contribution < 1.29 is 9.84 Å². The van der Waals surface area contributed by atoms with Crippen LogP contribution in [0.1, 0.15) is 11.1 Å². The zero-order chi connectivity index (χ0) is 14.2. The number of hydrogen-bond donors (Lipinski definition) is 1. The van der Waals surface area contributed by atoms with Gasteiger partial charge in [0.1, 0.15) is 19.0 Å². The van der Waals surface area contributed by atoms with Crippen LogP contribution in [0, 0.1) is 11.8 Å². The molecule has 0 amide bonds. The van der Waals surface area contributed by atoms with Gasteiger partial charge in [-0.3, -0.25) is 0 Å². The van der Waals surface area contributed by atoms with E-state index in [9.17, 15) is 0 Å². The molecule has 0 bridgehead atoms. The molecule has 0 fully saturated rings. The molecular formula is C17H16O2S. The first kappa shape index (κ1) is 14.5. The zero-order valence-electron chi connectivity index (χ0n) is 11.3. The SMILES string of the molecule is CSc1ccccc1OCc1ccccc1C#CCO. The standard InChI is InChI=1S/C17H16O2S/c1-20-17-11-5-4-10-16(17)19-13-15-8-3-2-7-14(15)9-6-12-18/h2-5,7-8,10-11,18H,12-13H2,1H3. The third-order valence-electron chi connectivity index (χ3n) is 2.77. The molecule has 0 spiro atoms. The highest BCUT2D eigenvalue weighted by Gasteiger charge is 2.04. The van der Waals surface area contributed by atoms with Crippen LogP contribution in [0.15, 0.2) is 53.4 Å². The fourth-order valence-corrected chi connectivity index (χ4v) is 2.34. The summed E-state index contributed by atoms with van der Waals surface area (Å²) >= 11 is 1.66. The number of thioether (sulfide) groups is 1. The van der Waals surface area contributed by atoms with Crippen LogP contribution in [0.25, 0.3) is 0 Å². The molecule has 0 atom stereocenters. The van der Waals surface area contributed by atoms with Crippen LogP contribution in [0.4, 0.5) is 0 Å². The van der Waals surface area contributed by atoms with Gasteiger partial charge in [-0.15, -0.1) is 11.8 Å². The second-order valence-corrected chi connectivity index (χ2v) is 4.90. The Kier molecular flexibility index (Phi) is 5.55. The van der Waals surface area contributed by atoms with E-state index < -0.39 is 0 Å². The molecule has 0 radical (unpaired) electrons. The lowest BCUT2D eigenvalue weighted by Gasteiger charge is -2.10. The lowest BCUT2D eigenvalue weighted by atomic mass is 10.1. The Morgan fingerprint density at radius 1 is 1.10 bits per heavy atom. The van der Waals surface area contributed by atoms with Gasteiger partial charge in [0.25, 0.3) is 0 Å². The van der Waals surface area contributed by atoms with Crippen LogP contribution in [0.3, 0.4) is 0 Å². The summed E-state index contributed by atoms with van der Waals surface area (Å²) in [5.74, 6) is 6.49. The van der Waals surface area contributed by atoms with Crippen molar-refractivity contribution in [3.8, 4) is 17.6 Å². The van der Waals surface area contributed by atoms with Gasteiger partial charge in [-0.05, 0) is 24.5 Å². The number of aliphatic hydroxyl groups is 1. The maximum Gasteiger partial charge on any atom is 0.133 e. The Morgan fingerprint density at radius 2 is 1.85 bits per heavy atom. The minimum Gasteiger partial charge on any atom is -0.488 e. The van der Waals surface area contributed by atoms with Crippen LogP contribution in [-0.2, 0) is 6.61 Å². The summed E-state index contributed by atoms with van der Waals surface area (Å²) in [6.07, 6.45) is 2.03. The predicted molar refractivity (Wildman–Crippen MR) is 83.0 cm³/mol. The van der Waals surface area contributed by atoms with Crippen molar-refractivity contribution in [2.75, 3.05) is 12.9 Å². The Labute approximate surface area is 123 Å². The average Bonchev–Trinajstić information content (AvgIpc) is 2.52. The zero-order valence-corrected chi connectivity index (χ0v) is 12.1. The van der Waals surface area contributed by atoms with Crippen molar-refractivity contribution in [3.05, 3.63) is 59.7 Å². The molecule has 0 aromatic heterocycles. The molecule has 2 aromatic rings. The van der Waals surface area contributed by atoms with E-state index in [1.54, 1.807) is 11.8 Å². The van der Waals surface area contributed by atoms with Gasteiger partial charge in [0.05, 0.1) is 0 Å². The monoisotopic (exact) mass is 284 g/mol. The highest BCUT2D eigenvalue weighted by Crippen LogP contribution is 2.27. The van der Waals surface area contributed by atoms with Crippen LogP contribution in [-0.4, -0.2) is 18.0 Å². The molecule has 0 heterocycles. The molecular weight excluding hydrogens is 268 g/mol. The summed E-state index contributed by atoms with van der Waals surface area (Å²) in [5, 5.41) is 8.79. The molecule has 0 aliphatic carbocycles. The topological polar surface area (TPSA) is 29.5 Å². The maximum absolute atomic E-state index is 8.79. The second kappa shape index (κ2) is 7.64. The fourth-order valence-electron chi connectivity index (χ4n) is 1.80. The van der Waals surface area contributed by atoms with E-state index in [1.807, 2.05) is 54.8 Å². The lowest BCUT2D eigenvalue weighted by molar-refractivity contribution is 0.298. The van der Waals surface area contributed by atoms with Gasteiger partial charge in [0.15, 0.2) is 0 Å². The molecule has 3 heteroatoms. The van der Waals surface area contributed by atoms with Crippen LogP contribution >= 0.6 is 11.8 Å². The highest BCUT2D eigenvalue weighted by atomic mass is 32.2. The van der Waals surface area contributed by atoms with E-state index in [-0.39, 0.29) is 6.61 Å². The molecule has 2 nitrogen and oxygen atoms in total. The minimum absolute atomic E-state index is 0.134. The van der Waals surface area contributed by atoms with Crippen LogP contribution in [0.5, 0.6) is 5.75 Å². The summed E-state index contributed by atoms with van der Waals surface area (Å²) in [5.41, 5.74) is 1.91. The Bertz CT molecular complexity index is 626. The molecule has 1 N–H and O–H groups in total. The summed E-state index contributed by atoms with van der Waals surface area (Å²) in [6, 6.07) is 15.8. The number of ether oxygens (including phenoxy) is 1. The van der Waals surface area contributed by atoms with E-state index >= 15 is 0 Å². The van der Waals surface area contributed by atoms with Crippen LogP contribution in [0.2, 0.25) is 0 Å². The van der Waals surface area contributed by atoms with Crippen molar-refractivity contribution in [3.63, 3.8) is 0 Å². The number of hydrogen-bond acceptors (Lipinski definition) is 3. The first-order valence-electron chi connectivity index (χ1n) is 6.28. The fraction of sp³-hybridized carbons (Fsp3) is 0.176. The quantitative estimate of drug-likeness (QED) is 0.690. The van der Waals surface area contributed by atoms with Gasteiger partial charge in [-0.25, -0.2) is 0 Å². The molecule has 0 aliphatic rings. The summed E-state index contributed by atoms with van der Waals surface area (Å²) < 4.78 is 5.88. The van der Waals surface area contributed by atoms with Crippen LogP contribution < -0.4 is 4.74 Å². The number of benzene rings is 2. The Balaban J connectivity index is 2.15. The summed E-state index contributed by atoms with van der Waals surface area (Å²) in [4.78, 5) is 1.12. The molecule has 0 saturated carbocycles. The van der Waals surface area contributed by atoms with Gasteiger partial charge >= 0.3 is 0 Å². The van der Waals surface area contributed by atoms with Gasteiger partial charge in [0, 0.05) is 16.0 Å². The molecule has 102 valence electrons. The van der Waals surface area contributed by atoms with Crippen molar-refractivity contribution in [1.29, 1.82) is 0 Å². The predicted octanol–water partition coefficient (Wildman–Crippen LogP) is 3.33. The van der Waals surface area contributed by atoms with Gasteiger partial charge in [0.2, 0.25) is 0 Å². The number of aliphatic hydroxyl groups excluding tert-OH is 1. The third-order valence-corrected chi connectivity index (χ3v) is 3.55. The van der Waals surface area contributed by atoms with E-state index in [2.05, 4.69) is 11.8 Å². The minimum atomic E-state index is -0.134. The summed E-state index contributed by atoms with van der Waals surface area (Å²) in [7, 11) is 0. The average molecular weight is 284 g/mol. The van der Waals surface area contributed by atoms with Crippen molar-refractivity contribution in [2.24, 2.45) is 0 Å². The van der Waals surface area contributed by atoms with Crippen molar-refractivity contribution >= 4 is 11.8 Å². The Hall–Kier alpha value is -1.89. The molecule has 2 rings (SSSR count). The van der Waals surface area contributed by atoms with Crippen molar-refractivity contribution in [2.45, 2.75) is 11.5 Å². The lowest BCUT2D eigenvalue weighted by Crippen LogP contribution is -1.99. The highest BCUT2D eigenvalue weighted by molar-refractivity contribution is 7.98. The largest absolute Gasteiger partial charge is 0.488 e. The van der Waals surface area contributed by atoms with E-state index in [0.29, 0.717) is 6.61 Å². The van der Waals surface area contributed by atoms with Gasteiger partial charge < -0.3 is 9.84 Å². The number of rotatable bonds is 4. The van der Waals surface area contributed by atoms with Gasteiger partial charge in [-0.2, -0.15) is 0 Å². The number of para-hydroxylation sites is 1. The molecule has 0 aliphatic heterocycles. The maximum atomic E-state index is 8.79. The summed E-state index contributed by atoms with van der Waals surface area (Å²) in [6.45, 7) is 0.332. The first-order valence-corrected chi connectivity index (χ1v) is 7.51. The second-order valence-electron chi connectivity index (χ2n) is 4.06. The third kappa shape index (κ3) is 3.80. The molecule has 0 saturated heterocycles. The first-order chi connectivity index (χ1) is 9.85. The Morgan fingerprint density at radius 3 is 2.65 bits per heavy atom. The molecule has 0 unspecified atom stereocenters. The van der Waals surface area contributed by atoms with E-state index in [4.69, 9.17) is 9.84 Å². The molecule has 2 aromatic carbocycles. The van der Waals surface area contributed by atoms with Gasteiger partial charge in [-0.1, -0.05) is 42.2 Å². The smallest absolute Gasteiger partial charge is 0.133 e. The molecule has 20 heavy (non-hydrogen) atoms. The van der Waals surface area contributed by atoms with E-state index in [1.165, 1.54) is 0 Å². The van der Waals surface area contributed by atoms with E-state index in [0.717, 1.165) is 21.8 Å². The van der Waals surface area contributed by atoms with Crippen molar-refractivity contribution in [1.82, 2.24) is 0 Å².